The fourth-order valence-corrected chi connectivity index (χ4v) is 2.67. The van der Waals surface area contributed by atoms with Crippen molar-refractivity contribution in [2.45, 2.75) is 6.54 Å². The van der Waals surface area contributed by atoms with Crippen LogP contribution in [0.2, 0.25) is 0 Å². The lowest BCUT2D eigenvalue weighted by molar-refractivity contribution is -0.125. The largest absolute Gasteiger partial charge is 0.359 e. The lowest BCUT2D eigenvalue weighted by atomic mass is 10.1. The topological polar surface area (TPSA) is 35.6 Å². The van der Waals surface area contributed by atoms with Crippen LogP contribution in [0.5, 0.6) is 0 Å². The molecule has 1 aliphatic rings. The van der Waals surface area contributed by atoms with E-state index in [0.717, 1.165) is 19.2 Å². The quantitative estimate of drug-likeness (QED) is 0.907. The summed E-state index contributed by atoms with van der Waals surface area (Å²) in [6.45, 7) is 3.04. The Balaban J connectivity index is 2.11. The zero-order valence-corrected chi connectivity index (χ0v) is 12.4. The molecule has 0 spiro atoms. The minimum Gasteiger partial charge on any atom is -0.359 e. The molecule has 1 heterocycles. The molecule has 0 saturated carbocycles. The summed E-state index contributed by atoms with van der Waals surface area (Å²) in [5.74, 6) is -1.82. The van der Waals surface area contributed by atoms with Crippen molar-refractivity contribution in [1.29, 1.82) is 0 Å². The Morgan fingerprint density at radius 3 is 2.81 bits per heavy atom. The number of benzene rings is 1. The number of nitrogens with one attached hydrogen (secondary N) is 1. The average molecular weight is 297 g/mol. The van der Waals surface area contributed by atoms with Crippen LogP contribution in [0.1, 0.15) is 5.56 Å². The SMILES string of the molecule is CNC(=O)[C@@H]1CN(C)CCN(Cc2cccc(F)c2F)C1. The van der Waals surface area contributed by atoms with Crippen LogP contribution in [0, 0.1) is 17.6 Å². The fraction of sp³-hybridized carbons (Fsp3) is 0.533. The van der Waals surface area contributed by atoms with E-state index in [1.54, 1.807) is 13.1 Å². The summed E-state index contributed by atoms with van der Waals surface area (Å²) in [5.41, 5.74) is 0.329. The van der Waals surface area contributed by atoms with Crippen molar-refractivity contribution in [2.75, 3.05) is 40.3 Å². The molecule has 1 aromatic rings. The summed E-state index contributed by atoms with van der Waals surface area (Å²) in [5, 5.41) is 2.66. The molecule has 116 valence electrons. The molecule has 1 aromatic carbocycles. The molecule has 0 unspecified atom stereocenters. The molecule has 2 rings (SSSR count). The molecule has 0 aliphatic carbocycles. The summed E-state index contributed by atoms with van der Waals surface area (Å²) in [6.07, 6.45) is 0. The third kappa shape index (κ3) is 3.98. The van der Waals surface area contributed by atoms with Crippen LogP contribution in [0.4, 0.5) is 8.78 Å². The van der Waals surface area contributed by atoms with Crippen LogP contribution in [-0.2, 0) is 11.3 Å². The molecule has 1 amide bonds. The molecule has 4 nitrogen and oxygen atoms in total. The molecular formula is C15H21F2N3O. The van der Waals surface area contributed by atoms with Crippen LogP contribution in [0.3, 0.4) is 0 Å². The van der Waals surface area contributed by atoms with Crippen molar-refractivity contribution >= 4 is 5.91 Å². The highest BCUT2D eigenvalue weighted by Gasteiger charge is 2.26. The zero-order chi connectivity index (χ0) is 15.4. The number of likely N-dealkylation sites (N-methyl/N-ethyl adjacent to an activating group) is 1. The predicted molar refractivity (Wildman–Crippen MR) is 76.7 cm³/mol. The van der Waals surface area contributed by atoms with Gasteiger partial charge in [-0.1, -0.05) is 12.1 Å². The van der Waals surface area contributed by atoms with Gasteiger partial charge in [0, 0.05) is 45.3 Å². The van der Waals surface area contributed by atoms with Crippen LogP contribution in [0.25, 0.3) is 0 Å². The maximum Gasteiger partial charge on any atom is 0.225 e. The standard InChI is InChI=1S/C15H21F2N3O/c1-18-15(21)12-8-19(2)6-7-20(10-12)9-11-4-3-5-13(16)14(11)17/h3-5,12H,6-10H2,1-2H3,(H,18,21)/t12-/m1/s1. The van der Waals surface area contributed by atoms with Crippen LogP contribution in [-0.4, -0.2) is 56.0 Å². The summed E-state index contributed by atoms with van der Waals surface area (Å²) >= 11 is 0. The van der Waals surface area contributed by atoms with Crippen molar-refractivity contribution in [1.82, 2.24) is 15.1 Å². The minimum atomic E-state index is -0.831. The lowest BCUT2D eigenvalue weighted by Gasteiger charge is -2.23. The predicted octanol–water partition coefficient (Wildman–Crippen LogP) is 1.07. The molecule has 1 atom stereocenters. The Morgan fingerprint density at radius 2 is 2.10 bits per heavy atom. The van der Waals surface area contributed by atoms with Crippen molar-refractivity contribution in [3.05, 3.63) is 35.4 Å². The second kappa shape index (κ2) is 6.95. The molecule has 1 N–H and O–H groups in total. The van der Waals surface area contributed by atoms with E-state index in [1.807, 2.05) is 11.9 Å². The Kier molecular flexibility index (Phi) is 5.25. The number of hydrogen-bond donors (Lipinski definition) is 1. The zero-order valence-electron chi connectivity index (χ0n) is 12.4. The van der Waals surface area contributed by atoms with Gasteiger partial charge in [-0.15, -0.1) is 0 Å². The third-order valence-corrected chi connectivity index (χ3v) is 3.85. The lowest BCUT2D eigenvalue weighted by Crippen LogP contribution is -2.39. The van der Waals surface area contributed by atoms with E-state index in [-0.39, 0.29) is 11.8 Å². The van der Waals surface area contributed by atoms with Gasteiger partial charge in [-0.25, -0.2) is 8.78 Å². The first-order valence-corrected chi connectivity index (χ1v) is 7.06. The van der Waals surface area contributed by atoms with Gasteiger partial charge in [0.05, 0.1) is 5.92 Å². The van der Waals surface area contributed by atoms with Crippen molar-refractivity contribution < 1.29 is 13.6 Å². The molecule has 1 saturated heterocycles. The normalized spacial score (nSPS) is 21.0. The minimum absolute atomic E-state index is 0.0199. The van der Waals surface area contributed by atoms with E-state index in [0.29, 0.717) is 25.2 Å². The maximum absolute atomic E-state index is 13.8. The first-order chi connectivity index (χ1) is 10.0. The summed E-state index contributed by atoms with van der Waals surface area (Å²) < 4.78 is 27.0. The van der Waals surface area contributed by atoms with Gasteiger partial charge < -0.3 is 10.2 Å². The third-order valence-electron chi connectivity index (χ3n) is 3.85. The van der Waals surface area contributed by atoms with Crippen molar-refractivity contribution in [2.24, 2.45) is 5.92 Å². The smallest absolute Gasteiger partial charge is 0.225 e. The monoisotopic (exact) mass is 297 g/mol. The van der Waals surface area contributed by atoms with Gasteiger partial charge >= 0.3 is 0 Å². The molecule has 6 heteroatoms. The van der Waals surface area contributed by atoms with Gasteiger partial charge in [0.2, 0.25) is 5.91 Å². The number of carbonyl (C=O) groups excluding carboxylic acids is 1. The first kappa shape index (κ1) is 15.9. The van der Waals surface area contributed by atoms with Gasteiger partial charge in [-0.3, -0.25) is 9.69 Å². The second-order valence-electron chi connectivity index (χ2n) is 5.52. The highest BCUT2D eigenvalue weighted by Crippen LogP contribution is 2.16. The van der Waals surface area contributed by atoms with Crippen molar-refractivity contribution in [3.8, 4) is 0 Å². The first-order valence-electron chi connectivity index (χ1n) is 7.06. The van der Waals surface area contributed by atoms with Crippen molar-refractivity contribution in [3.63, 3.8) is 0 Å². The second-order valence-corrected chi connectivity index (χ2v) is 5.52. The fourth-order valence-electron chi connectivity index (χ4n) is 2.67. The van der Waals surface area contributed by atoms with Gasteiger partial charge in [0.1, 0.15) is 0 Å². The van der Waals surface area contributed by atoms with Crippen LogP contribution in [0.15, 0.2) is 18.2 Å². The van der Waals surface area contributed by atoms with E-state index in [2.05, 4.69) is 10.2 Å². The van der Waals surface area contributed by atoms with Gasteiger partial charge in [-0.05, 0) is 13.1 Å². The Labute approximate surface area is 123 Å². The van der Waals surface area contributed by atoms with Crippen LogP contribution < -0.4 is 5.32 Å². The summed E-state index contributed by atoms with van der Waals surface area (Å²) in [6, 6.07) is 4.21. The molecular weight excluding hydrogens is 276 g/mol. The number of amides is 1. The molecule has 0 aromatic heterocycles. The van der Waals surface area contributed by atoms with Crippen LogP contribution >= 0.6 is 0 Å². The Bertz CT molecular complexity index is 510. The van der Waals surface area contributed by atoms with E-state index in [1.165, 1.54) is 6.07 Å². The summed E-state index contributed by atoms with van der Waals surface area (Å²) in [7, 11) is 3.58. The molecule has 1 fully saturated rings. The van der Waals surface area contributed by atoms with Gasteiger partial charge in [-0.2, -0.15) is 0 Å². The highest BCUT2D eigenvalue weighted by molar-refractivity contribution is 5.78. The molecule has 0 bridgehead atoms. The number of halogens is 2. The maximum atomic E-state index is 13.8. The van der Waals surface area contributed by atoms with E-state index in [4.69, 9.17) is 0 Å². The van der Waals surface area contributed by atoms with E-state index in [9.17, 15) is 13.6 Å². The van der Waals surface area contributed by atoms with Gasteiger partial charge in [0.15, 0.2) is 11.6 Å². The van der Waals surface area contributed by atoms with E-state index < -0.39 is 11.6 Å². The van der Waals surface area contributed by atoms with Gasteiger partial charge in [0.25, 0.3) is 0 Å². The molecule has 21 heavy (non-hydrogen) atoms. The number of nitrogens with zero attached hydrogens (tertiary/aromatic N) is 2. The number of rotatable bonds is 3. The summed E-state index contributed by atoms with van der Waals surface area (Å²) in [4.78, 5) is 16.0. The number of carbonyl (C=O) groups is 1. The molecule has 1 aliphatic heterocycles. The Hall–Kier alpha value is -1.53. The van der Waals surface area contributed by atoms with E-state index >= 15 is 0 Å². The molecule has 0 radical (unpaired) electrons. The highest BCUT2D eigenvalue weighted by atomic mass is 19.2. The number of hydrogen-bond acceptors (Lipinski definition) is 3. The average Bonchev–Trinajstić information content (AvgIpc) is 2.65. The Morgan fingerprint density at radius 1 is 1.33 bits per heavy atom.